The van der Waals surface area contributed by atoms with Crippen molar-refractivity contribution in [2.75, 3.05) is 18.8 Å². The predicted octanol–water partition coefficient (Wildman–Crippen LogP) is 1.13. The molecule has 1 aliphatic heterocycles. The molecule has 2 rings (SSSR count). The SMILES string of the molecule is CC1CN(C(=O)CSc2nncn2C(C)C)CC1C(=O)O. The Morgan fingerprint density at radius 1 is 1.48 bits per heavy atom. The largest absolute Gasteiger partial charge is 0.481 e. The van der Waals surface area contributed by atoms with E-state index in [-0.39, 0.29) is 23.6 Å². The van der Waals surface area contributed by atoms with E-state index >= 15 is 0 Å². The summed E-state index contributed by atoms with van der Waals surface area (Å²) in [6.45, 7) is 6.72. The molecule has 1 aromatic heterocycles. The second-order valence-corrected chi connectivity index (χ2v) is 6.57. The van der Waals surface area contributed by atoms with Gasteiger partial charge in [0.15, 0.2) is 5.16 Å². The van der Waals surface area contributed by atoms with Crippen LogP contribution in [0, 0.1) is 11.8 Å². The highest BCUT2D eigenvalue weighted by molar-refractivity contribution is 7.99. The lowest BCUT2D eigenvalue weighted by molar-refractivity contribution is -0.142. The Morgan fingerprint density at radius 2 is 2.19 bits per heavy atom. The second-order valence-electron chi connectivity index (χ2n) is 5.62. The van der Waals surface area contributed by atoms with Gasteiger partial charge in [0.1, 0.15) is 6.33 Å². The van der Waals surface area contributed by atoms with Gasteiger partial charge in [0.05, 0.1) is 11.7 Å². The molecule has 0 radical (unpaired) electrons. The molecule has 1 aromatic rings. The highest BCUT2D eigenvalue weighted by atomic mass is 32.2. The van der Waals surface area contributed by atoms with E-state index in [2.05, 4.69) is 10.2 Å². The summed E-state index contributed by atoms with van der Waals surface area (Å²) in [5.41, 5.74) is 0. The first kappa shape index (κ1) is 15.8. The summed E-state index contributed by atoms with van der Waals surface area (Å²) in [7, 11) is 0. The van der Waals surface area contributed by atoms with Crippen LogP contribution in [-0.2, 0) is 9.59 Å². The second kappa shape index (κ2) is 6.46. The van der Waals surface area contributed by atoms with Crippen LogP contribution in [0.3, 0.4) is 0 Å². The van der Waals surface area contributed by atoms with Crippen LogP contribution >= 0.6 is 11.8 Å². The molecule has 2 unspecified atom stereocenters. The van der Waals surface area contributed by atoms with E-state index in [0.29, 0.717) is 18.2 Å². The van der Waals surface area contributed by atoms with E-state index in [9.17, 15) is 9.59 Å². The number of rotatable bonds is 5. The van der Waals surface area contributed by atoms with Crippen molar-refractivity contribution in [2.24, 2.45) is 11.8 Å². The number of hydrogen-bond acceptors (Lipinski definition) is 5. The number of thioether (sulfide) groups is 1. The fourth-order valence-corrected chi connectivity index (χ4v) is 3.35. The summed E-state index contributed by atoms with van der Waals surface area (Å²) in [5.74, 6) is -1.09. The van der Waals surface area contributed by atoms with E-state index in [1.807, 2.05) is 25.3 Å². The third-order valence-corrected chi connectivity index (χ3v) is 4.65. The lowest BCUT2D eigenvalue weighted by atomic mass is 9.99. The van der Waals surface area contributed by atoms with Gasteiger partial charge < -0.3 is 14.6 Å². The molecule has 2 atom stereocenters. The van der Waals surface area contributed by atoms with Crippen LogP contribution in [0.4, 0.5) is 0 Å². The topological polar surface area (TPSA) is 88.3 Å². The van der Waals surface area contributed by atoms with Crippen LogP contribution in [0.5, 0.6) is 0 Å². The van der Waals surface area contributed by atoms with Crippen molar-refractivity contribution in [1.29, 1.82) is 0 Å². The zero-order valence-corrected chi connectivity index (χ0v) is 13.2. The maximum atomic E-state index is 12.2. The Hall–Kier alpha value is -1.57. The first-order valence-electron chi connectivity index (χ1n) is 6.93. The standard InChI is InChI=1S/C13H20N4O3S/c1-8(2)17-7-14-15-13(17)21-6-11(18)16-4-9(3)10(5-16)12(19)20/h7-10H,4-6H2,1-3H3,(H,19,20). The monoisotopic (exact) mass is 312 g/mol. The van der Waals surface area contributed by atoms with Gasteiger partial charge >= 0.3 is 5.97 Å². The van der Waals surface area contributed by atoms with Crippen LogP contribution < -0.4 is 0 Å². The molecule has 1 saturated heterocycles. The van der Waals surface area contributed by atoms with E-state index in [4.69, 9.17) is 5.11 Å². The van der Waals surface area contributed by atoms with Gasteiger partial charge in [-0.05, 0) is 19.8 Å². The Kier molecular flexibility index (Phi) is 4.87. The summed E-state index contributed by atoms with van der Waals surface area (Å²) in [6, 6.07) is 0.237. The van der Waals surface area contributed by atoms with Crippen molar-refractivity contribution in [3.63, 3.8) is 0 Å². The first-order valence-corrected chi connectivity index (χ1v) is 7.91. The molecule has 8 heteroatoms. The highest BCUT2D eigenvalue weighted by Gasteiger charge is 2.36. The summed E-state index contributed by atoms with van der Waals surface area (Å²) in [4.78, 5) is 24.9. The van der Waals surface area contributed by atoms with Crippen molar-refractivity contribution < 1.29 is 14.7 Å². The van der Waals surface area contributed by atoms with E-state index < -0.39 is 11.9 Å². The van der Waals surface area contributed by atoms with Crippen molar-refractivity contribution in [1.82, 2.24) is 19.7 Å². The number of nitrogens with zero attached hydrogens (tertiary/aromatic N) is 4. The molecule has 1 aliphatic rings. The molecule has 0 saturated carbocycles. The molecule has 1 amide bonds. The number of carboxylic acids is 1. The van der Waals surface area contributed by atoms with Crippen molar-refractivity contribution in [3.05, 3.63) is 6.33 Å². The fourth-order valence-electron chi connectivity index (χ4n) is 2.40. The van der Waals surface area contributed by atoms with Crippen LogP contribution in [0.25, 0.3) is 0 Å². The van der Waals surface area contributed by atoms with Crippen LogP contribution in [0.1, 0.15) is 26.8 Å². The van der Waals surface area contributed by atoms with Crippen molar-refractivity contribution >= 4 is 23.6 Å². The molecule has 7 nitrogen and oxygen atoms in total. The highest BCUT2D eigenvalue weighted by Crippen LogP contribution is 2.25. The third kappa shape index (κ3) is 3.55. The summed E-state index contributed by atoms with van der Waals surface area (Å²) in [6.07, 6.45) is 1.65. The van der Waals surface area contributed by atoms with Gasteiger partial charge in [-0.15, -0.1) is 10.2 Å². The minimum atomic E-state index is -0.829. The van der Waals surface area contributed by atoms with Gasteiger partial charge in [-0.25, -0.2) is 0 Å². The predicted molar refractivity (Wildman–Crippen MR) is 78.0 cm³/mol. The number of carbonyl (C=O) groups excluding carboxylic acids is 1. The number of hydrogen-bond donors (Lipinski definition) is 1. The van der Waals surface area contributed by atoms with Crippen LogP contribution in [0.15, 0.2) is 11.5 Å². The van der Waals surface area contributed by atoms with Crippen LogP contribution in [0.2, 0.25) is 0 Å². The molecule has 0 bridgehead atoms. The molecule has 21 heavy (non-hydrogen) atoms. The molecule has 116 valence electrons. The average Bonchev–Trinajstić information content (AvgIpc) is 3.01. The Balaban J connectivity index is 1.91. The number of aromatic nitrogens is 3. The molecule has 0 aromatic carbocycles. The van der Waals surface area contributed by atoms with E-state index in [1.54, 1.807) is 11.2 Å². The zero-order chi connectivity index (χ0) is 15.6. The molecule has 1 N–H and O–H groups in total. The first-order chi connectivity index (χ1) is 9.90. The average molecular weight is 312 g/mol. The summed E-state index contributed by atoms with van der Waals surface area (Å²) >= 11 is 1.34. The quantitative estimate of drug-likeness (QED) is 0.820. The van der Waals surface area contributed by atoms with Crippen molar-refractivity contribution in [3.8, 4) is 0 Å². The minimum absolute atomic E-state index is 0.00392. The number of aliphatic carboxylic acids is 1. The Bertz CT molecular complexity index is 531. The zero-order valence-electron chi connectivity index (χ0n) is 12.4. The Labute approximate surface area is 127 Å². The normalized spacial score (nSPS) is 22.0. The summed E-state index contributed by atoms with van der Waals surface area (Å²) in [5, 5.41) is 17.7. The maximum absolute atomic E-state index is 12.2. The van der Waals surface area contributed by atoms with Crippen molar-refractivity contribution in [2.45, 2.75) is 32.0 Å². The maximum Gasteiger partial charge on any atom is 0.308 e. The fraction of sp³-hybridized carbons (Fsp3) is 0.692. The molecule has 0 spiro atoms. The van der Waals surface area contributed by atoms with Gasteiger partial charge in [-0.1, -0.05) is 18.7 Å². The molecule has 1 fully saturated rings. The van der Waals surface area contributed by atoms with Gasteiger partial charge in [0.25, 0.3) is 0 Å². The van der Waals surface area contributed by atoms with Crippen LogP contribution in [-0.4, -0.2) is 55.5 Å². The van der Waals surface area contributed by atoms with Gasteiger partial charge in [0, 0.05) is 19.1 Å². The van der Waals surface area contributed by atoms with Gasteiger partial charge in [-0.2, -0.15) is 0 Å². The van der Waals surface area contributed by atoms with E-state index in [1.165, 1.54) is 11.8 Å². The molecular weight excluding hydrogens is 292 g/mol. The number of carbonyl (C=O) groups is 2. The molecular formula is C13H20N4O3S. The smallest absolute Gasteiger partial charge is 0.308 e. The number of amides is 1. The summed E-state index contributed by atoms with van der Waals surface area (Å²) < 4.78 is 1.91. The minimum Gasteiger partial charge on any atom is -0.481 e. The number of carboxylic acid groups (broad SMARTS) is 1. The Morgan fingerprint density at radius 3 is 2.76 bits per heavy atom. The molecule has 2 heterocycles. The number of likely N-dealkylation sites (tertiary alicyclic amines) is 1. The lowest BCUT2D eigenvalue weighted by Gasteiger charge is -2.16. The van der Waals surface area contributed by atoms with Gasteiger partial charge in [-0.3, -0.25) is 9.59 Å². The third-order valence-electron chi connectivity index (χ3n) is 3.70. The molecule has 0 aliphatic carbocycles. The van der Waals surface area contributed by atoms with E-state index in [0.717, 1.165) is 0 Å². The lowest BCUT2D eigenvalue weighted by Crippen LogP contribution is -2.31. The van der Waals surface area contributed by atoms with Gasteiger partial charge in [0.2, 0.25) is 5.91 Å².